The maximum absolute atomic E-state index is 12.3. The number of aryl methyl sites for hydroxylation is 2. The zero-order valence-corrected chi connectivity index (χ0v) is 15.3. The summed E-state index contributed by atoms with van der Waals surface area (Å²) in [5, 5.41) is 10.0. The fourth-order valence-electron chi connectivity index (χ4n) is 3.35. The number of likely N-dealkylation sites (tertiary alicyclic amines) is 1. The van der Waals surface area contributed by atoms with E-state index in [9.17, 15) is 9.59 Å². The Hall–Kier alpha value is -1.85. The highest BCUT2D eigenvalue weighted by atomic mass is 16.2. The van der Waals surface area contributed by atoms with Gasteiger partial charge in [0.15, 0.2) is 0 Å². The van der Waals surface area contributed by atoms with Crippen molar-refractivity contribution < 1.29 is 9.59 Å². The maximum atomic E-state index is 12.3. The number of nitrogens with one attached hydrogen (secondary N) is 2. The van der Waals surface area contributed by atoms with Crippen LogP contribution in [-0.2, 0) is 16.0 Å². The van der Waals surface area contributed by atoms with E-state index in [0.29, 0.717) is 25.4 Å². The molecule has 0 saturated carbocycles. The van der Waals surface area contributed by atoms with E-state index in [-0.39, 0.29) is 17.7 Å². The van der Waals surface area contributed by atoms with Crippen LogP contribution in [0.3, 0.4) is 0 Å². The molecule has 0 bridgehead atoms. The van der Waals surface area contributed by atoms with E-state index in [2.05, 4.69) is 22.4 Å². The van der Waals surface area contributed by atoms with Crippen molar-refractivity contribution >= 4 is 11.8 Å². The summed E-state index contributed by atoms with van der Waals surface area (Å²) in [7, 11) is 0. The second-order valence-electron chi connectivity index (χ2n) is 6.99. The molecule has 1 fully saturated rings. The molecule has 0 spiro atoms. The summed E-state index contributed by atoms with van der Waals surface area (Å²) in [5.74, 6) is 0.00943. The molecule has 0 aliphatic carbocycles. The minimum Gasteiger partial charge on any atom is -0.355 e. The number of rotatable bonds is 6. The smallest absolute Gasteiger partial charge is 0.224 e. The fraction of sp³-hybridized carbons (Fsp3) is 0.722. The summed E-state index contributed by atoms with van der Waals surface area (Å²) < 4.78 is 0. The predicted octanol–water partition coefficient (Wildman–Crippen LogP) is 2.11. The lowest BCUT2D eigenvalue weighted by atomic mass is 9.99. The molecule has 0 radical (unpaired) electrons. The Morgan fingerprint density at radius 3 is 2.75 bits per heavy atom. The van der Waals surface area contributed by atoms with Crippen LogP contribution in [0.15, 0.2) is 0 Å². The number of hydrogen-bond donors (Lipinski definition) is 2. The van der Waals surface area contributed by atoms with Crippen LogP contribution in [0.2, 0.25) is 0 Å². The molecule has 1 saturated heterocycles. The van der Waals surface area contributed by atoms with Gasteiger partial charge in [-0.1, -0.05) is 6.92 Å². The van der Waals surface area contributed by atoms with Crippen molar-refractivity contribution in [2.75, 3.05) is 13.1 Å². The van der Waals surface area contributed by atoms with Gasteiger partial charge in [-0.25, -0.2) is 0 Å². The highest BCUT2D eigenvalue weighted by Crippen LogP contribution is 2.17. The topological polar surface area (TPSA) is 78.1 Å². The van der Waals surface area contributed by atoms with Crippen LogP contribution in [-0.4, -0.2) is 46.0 Å². The summed E-state index contributed by atoms with van der Waals surface area (Å²) in [6.45, 7) is 9.20. The van der Waals surface area contributed by atoms with Gasteiger partial charge >= 0.3 is 0 Å². The first kappa shape index (κ1) is 18.5. The second-order valence-corrected chi connectivity index (χ2v) is 6.99. The monoisotopic (exact) mass is 334 g/mol. The van der Waals surface area contributed by atoms with Crippen molar-refractivity contribution in [1.29, 1.82) is 0 Å². The number of aromatic nitrogens is 2. The van der Waals surface area contributed by atoms with Crippen molar-refractivity contribution in [2.45, 2.75) is 65.8 Å². The van der Waals surface area contributed by atoms with E-state index in [1.165, 1.54) is 6.42 Å². The summed E-state index contributed by atoms with van der Waals surface area (Å²) in [5.41, 5.74) is 3.07. The van der Waals surface area contributed by atoms with Crippen molar-refractivity contribution in [2.24, 2.45) is 5.92 Å². The molecule has 0 unspecified atom stereocenters. The summed E-state index contributed by atoms with van der Waals surface area (Å²) in [6, 6.07) is 0.327. The van der Waals surface area contributed by atoms with Gasteiger partial charge in [0.1, 0.15) is 0 Å². The number of carbonyl (C=O) groups excluding carboxylic acids is 2. The molecule has 1 aliphatic rings. The van der Waals surface area contributed by atoms with Gasteiger partial charge < -0.3 is 10.2 Å². The number of carbonyl (C=O) groups is 2. The standard InChI is InChI=1S/C18H30N4O2/c1-12(11-16-14(3)20-21-15(16)4)18(24)19-9-8-17(23)22-10-6-5-7-13(22)2/h12-13H,5-11H2,1-4H3,(H,19,24)(H,20,21)/t12-,13-/m0/s1. The van der Waals surface area contributed by atoms with Gasteiger partial charge in [0.25, 0.3) is 0 Å². The third-order valence-corrected chi connectivity index (χ3v) is 5.00. The van der Waals surface area contributed by atoms with Crippen LogP contribution in [0.4, 0.5) is 0 Å². The molecule has 6 nitrogen and oxygen atoms in total. The molecule has 6 heteroatoms. The molecule has 0 aromatic carbocycles. The van der Waals surface area contributed by atoms with Crippen molar-refractivity contribution in [3.05, 3.63) is 17.0 Å². The van der Waals surface area contributed by atoms with Gasteiger partial charge in [-0.15, -0.1) is 0 Å². The first-order chi connectivity index (χ1) is 11.4. The lowest BCUT2D eigenvalue weighted by Crippen LogP contribution is -2.43. The van der Waals surface area contributed by atoms with Crippen LogP contribution in [0.25, 0.3) is 0 Å². The lowest BCUT2D eigenvalue weighted by molar-refractivity contribution is -0.134. The normalized spacial score (nSPS) is 19.2. The summed E-state index contributed by atoms with van der Waals surface area (Å²) >= 11 is 0. The summed E-state index contributed by atoms with van der Waals surface area (Å²) in [4.78, 5) is 26.5. The Morgan fingerprint density at radius 1 is 1.38 bits per heavy atom. The Balaban J connectivity index is 1.75. The number of amides is 2. The molecule has 2 heterocycles. The zero-order valence-electron chi connectivity index (χ0n) is 15.3. The van der Waals surface area contributed by atoms with Crippen LogP contribution in [0.1, 0.15) is 56.5 Å². The van der Waals surface area contributed by atoms with Crippen molar-refractivity contribution in [3.8, 4) is 0 Å². The Morgan fingerprint density at radius 2 is 2.12 bits per heavy atom. The molecule has 1 aromatic rings. The van der Waals surface area contributed by atoms with E-state index in [4.69, 9.17) is 0 Å². The van der Waals surface area contributed by atoms with Crippen LogP contribution < -0.4 is 5.32 Å². The van der Waals surface area contributed by atoms with Crippen LogP contribution in [0.5, 0.6) is 0 Å². The average Bonchev–Trinajstić information content (AvgIpc) is 2.86. The van der Waals surface area contributed by atoms with Crippen LogP contribution in [0, 0.1) is 19.8 Å². The van der Waals surface area contributed by atoms with Gasteiger partial charge in [0, 0.05) is 37.2 Å². The number of nitrogens with zero attached hydrogens (tertiary/aromatic N) is 2. The zero-order chi connectivity index (χ0) is 17.7. The third-order valence-electron chi connectivity index (χ3n) is 5.00. The molecule has 24 heavy (non-hydrogen) atoms. The fourth-order valence-corrected chi connectivity index (χ4v) is 3.35. The lowest BCUT2D eigenvalue weighted by Gasteiger charge is -2.33. The molecule has 1 aliphatic heterocycles. The van der Waals surface area contributed by atoms with Gasteiger partial charge in [0.05, 0.1) is 5.69 Å². The van der Waals surface area contributed by atoms with Crippen molar-refractivity contribution in [1.82, 2.24) is 20.4 Å². The Labute approximate surface area is 144 Å². The first-order valence-corrected chi connectivity index (χ1v) is 8.97. The molecule has 2 atom stereocenters. The number of piperidine rings is 1. The van der Waals surface area contributed by atoms with E-state index >= 15 is 0 Å². The van der Waals surface area contributed by atoms with Gasteiger partial charge in [-0.2, -0.15) is 5.10 Å². The second kappa shape index (κ2) is 8.31. The summed E-state index contributed by atoms with van der Waals surface area (Å²) in [6.07, 6.45) is 4.41. The molecular formula is C18H30N4O2. The van der Waals surface area contributed by atoms with Gasteiger partial charge in [-0.3, -0.25) is 14.7 Å². The SMILES string of the molecule is Cc1n[nH]c(C)c1C[C@H](C)C(=O)NCCC(=O)N1CCCC[C@@H]1C. The van der Waals surface area contributed by atoms with E-state index in [0.717, 1.165) is 36.3 Å². The molecule has 134 valence electrons. The Kier molecular flexibility index (Phi) is 6.40. The van der Waals surface area contributed by atoms with E-state index < -0.39 is 0 Å². The minimum absolute atomic E-state index is 0.00510. The van der Waals surface area contributed by atoms with Crippen molar-refractivity contribution in [3.63, 3.8) is 0 Å². The molecule has 2 N–H and O–H groups in total. The van der Waals surface area contributed by atoms with Gasteiger partial charge in [-0.05, 0) is 52.0 Å². The van der Waals surface area contributed by atoms with Gasteiger partial charge in [0.2, 0.25) is 11.8 Å². The predicted molar refractivity (Wildman–Crippen MR) is 93.6 cm³/mol. The number of H-pyrrole nitrogens is 1. The highest BCUT2D eigenvalue weighted by molar-refractivity contribution is 5.80. The quantitative estimate of drug-likeness (QED) is 0.836. The largest absolute Gasteiger partial charge is 0.355 e. The van der Waals surface area contributed by atoms with Crippen LogP contribution >= 0.6 is 0 Å². The third kappa shape index (κ3) is 4.58. The number of hydrogen-bond acceptors (Lipinski definition) is 3. The average molecular weight is 334 g/mol. The van der Waals surface area contributed by atoms with E-state index in [1.54, 1.807) is 0 Å². The maximum Gasteiger partial charge on any atom is 0.224 e. The molecule has 1 aromatic heterocycles. The number of aromatic amines is 1. The molecule has 2 amide bonds. The minimum atomic E-state index is -0.135. The molecule has 2 rings (SSSR count). The highest BCUT2D eigenvalue weighted by Gasteiger charge is 2.23. The molecular weight excluding hydrogens is 304 g/mol. The first-order valence-electron chi connectivity index (χ1n) is 8.97. The van der Waals surface area contributed by atoms with E-state index in [1.807, 2.05) is 25.7 Å². The Bertz CT molecular complexity index is 562.